The predicted molar refractivity (Wildman–Crippen MR) is 37.9 cm³/mol. The molecule has 1 atom stereocenters. The van der Waals surface area contributed by atoms with Gasteiger partial charge in [-0.05, 0) is 27.8 Å². The molecule has 0 amide bonds. The molecule has 0 spiro atoms. The van der Waals surface area contributed by atoms with Gasteiger partial charge in [-0.1, -0.05) is 0 Å². The summed E-state index contributed by atoms with van der Waals surface area (Å²) < 4.78 is 0. The van der Waals surface area contributed by atoms with E-state index < -0.39 is 0 Å². The minimum absolute atomic E-state index is 0.0579. The minimum Gasteiger partial charge on any atom is -0.314 e. The third kappa shape index (κ3) is 2.03. The molecule has 0 aliphatic rings. The van der Waals surface area contributed by atoms with Crippen LogP contribution in [-0.4, -0.2) is 12.6 Å². The molecular formula is C7H14N2. The van der Waals surface area contributed by atoms with Crippen molar-refractivity contribution in [3.8, 4) is 6.07 Å². The topological polar surface area (TPSA) is 35.8 Å². The fourth-order valence-corrected chi connectivity index (χ4v) is 0.378. The lowest BCUT2D eigenvalue weighted by atomic mass is 9.91. The summed E-state index contributed by atoms with van der Waals surface area (Å²) >= 11 is 0. The summed E-state index contributed by atoms with van der Waals surface area (Å²) in [5.74, 6) is 0.0579. The molecule has 2 nitrogen and oxygen atoms in total. The van der Waals surface area contributed by atoms with Gasteiger partial charge in [0.15, 0.2) is 0 Å². The molecule has 0 unspecified atom stereocenters. The highest BCUT2D eigenvalue weighted by molar-refractivity contribution is 4.94. The Morgan fingerprint density at radius 2 is 2.00 bits per heavy atom. The molecule has 0 fully saturated rings. The van der Waals surface area contributed by atoms with Gasteiger partial charge in [-0.15, -0.1) is 0 Å². The fourth-order valence-electron chi connectivity index (χ4n) is 0.378. The summed E-state index contributed by atoms with van der Waals surface area (Å²) in [4.78, 5) is 0. The Labute approximate surface area is 56.9 Å². The van der Waals surface area contributed by atoms with E-state index in [9.17, 15) is 0 Å². The smallest absolute Gasteiger partial charge is 0.0672 e. The summed E-state index contributed by atoms with van der Waals surface area (Å²) in [7, 11) is 1.87. The molecule has 0 radical (unpaired) electrons. The van der Waals surface area contributed by atoms with Crippen LogP contribution in [-0.2, 0) is 0 Å². The molecule has 0 heterocycles. The number of hydrogen-bond donors (Lipinski definition) is 1. The lowest BCUT2D eigenvalue weighted by Gasteiger charge is -2.26. The summed E-state index contributed by atoms with van der Waals surface area (Å²) in [5.41, 5.74) is -0.0608. The van der Waals surface area contributed by atoms with Gasteiger partial charge in [0.25, 0.3) is 0 Å². The van der Waals surface area contributed by atoms with Crippen LogP contribution < -0.4 is 5.32 Å². The monoisotopic (exact) mass is 126 g/mol. The molecule has 9 heavy (non-hydrogen) atoms. The highest BCUT2D eigenvalue weighted by Crippen LogP contribution is 2.13. The highest BCUT2D eigenvalue weighted by Gasteiger charge is 2.22. The van der Waals surface area contributed by atoms with E-state index in [1.54, 1.807) is 0 Å². The maximum Gasteiger partial charge on any atom is 0.0672 e. The van der Waals surface area contributed by atoms with Crippen molar-refractivity contribution in [3.63, 3.8) is 0 Å². The van der Waals surface area contributed by atoms with Crippen LogP contribution in [0.3, 0.4) is 0 Å². The van der Waals surface area contributed by atoms with Gasteiger partial charge in [0.05, 0.1) is 12.0 Å². The first kappa shape index (κ1) is 8.45. The number of hydrogen-bond acceptors (Lipinski definition) is 2. The van der Waals surface area contributed by atoms with Crippen LogP contribution in [0.25, 0.3) is 0 Å². The predicted octanol–water partition coefficient (Wildman–Crippen LogP) is 1.14. The Morgan fingerprint density at radius 1 is 1.56 bits per heavy atom. The summed E-state index contributed by atoms with van der Waals surface area (Å²) in [6.45, 7) is 5.94. The number of nitriles is 1. The van der Waals surface area contributed by atoms with Crippen LogP contribution in [0.2, 0.25) is 0 Å². The first-order valence-corrected chi connectivity index (χ1v) is 3.13. The van der Waals surface area contributed by atoms with E-state index in [2.05, 4.69) is 11.4 Å². The van der Waals surface area contributed by atoms with Crippen LogP contribution in [0, 0.1) is 17.2 Å². The Morgan fingerprint density at radius 3 is 2.11 bits per heavy atom. The first-order valence-electron chi connectivity index (χ1n) is 3.13. The van der Waals surface area contributed by atoms with Crippen molar-refractivity contribution in [1.82, 2.24) is 5.32 Å². The van der Waals surface area contributed by atoms with Crippen LogP contribution in [0.5, 0.6) is 0 Å². The zero-order valence-electron chi connectivity index (χ0n) is 6.52. The van der Waals surface area contributed by atoms with Gasteiger partial charge in [0.2, 0.25) is 0 Å². The largest absolute Gasteiger partial charge is 0.314 e. The summed E-state index contributed by atoms with van der Waals surface area (Å²) in [6.07, 6.45) is 0. The van der Waals surface area contributed by atoms with Gasteiger partial charge >= 0.3 is 0 Å². The maximum absolute atomic E-state index is 8.51. The molecule has 2 heteroatoms. The van der Waals surface area contributed by atoms with E-state index in [0.29, 0.717) is 0 Å². The second-order valence-electron chi connectivity index (χ2n) is 2.82. The molecular weight excluding hydrogens is 112 g/mol. The first-order chi connectivity index (χ1) is 4.04. The van der Waals surface area contributed by atoms with Crippen molar-refractivity contribution in [3.05, 3.63) is 0 Å². The van der Waals surface area contributed by atoms with Crippen molar-refractivity contribution >= 4 is 0 Å². The van der Waals surface area contributed by atoms with Crippen molar-refractivity contribution in [2.75, 3.05) is 7.05 Å². The van der Waals surface area contributed by atoms with Gasteiger partial charge < -0.3 is 5.32 Å². The molecule has 0 aromatic heterocycles. The fraction of sp³-hybridized carbons (Fsp3) is 0.857. The minimum atomic E-state index is -0.0608. The van der Waals surface area contributed by atoms with Gasteiger partial charge in [-0.2, -0.15) is 5.26 Å². The molecule has 0 aliphatic carbocycles. The van der Waals surface area contributed by atoms with Gasteiger partial charge in [-0.25, -0.2) is 0 Å². The standard InChI is InChI=1S/C7H14N2/c1-6(5-8)7(2,3)9-4/h6,9H,1-4H3/t6-/m0/s1. The van der Waals surface area contributed by atoms with Gasteiger partial charge in [-0.3, -0.25) is 0 Å². The van der Waals surface area contributed by atoms with E-state index in [-0.39, 0.29) is 11.5 Å². The van der Waals surface area contributed by atoms with Crippen LogP contribution in [0.15, 0.2) is 0 Å². The van der Waals surface area contributed by atoms with Crippen molar-refractivity contribution in [2.24, 2.45) is 5.92 Å². The summed E-state index contributed by atoms with van der Waals surface area (Å²) in [6, 6.07) is 2.19. The van der Waals surface area contributed by atoms with Gasteiger partial charge in [0, 0.05) is 5.54 Å². The SMILES string of the molecule is CNC(C)(C)[C@@H](C)C#N. The third-order valence-corrected chi connectivity index (χ3v) is 1.92. The van der Waals surface area contributed by atoms with E-state index in [1.807, 2.05) is 27.8 Å². The van der Waals surface area contributed by atoms with E-state index in [0.717, 1.165) is 0 Å². The lowest BCUT2D eigenvalue weighted by molar-refractivity contribution is 0.344. The highest BCUT2D eigenvalue weighted by atomic mass is 14.9. The Kier molecular flexibility index (Phi) is 2.66. The molecule has 0 rings (SSSR count). The second kappa shape index (κ2) is 2.84. The quantitative estimate of drug-likeness (QED) is 0.602. The third-order valence-electron chi connectivity index (χ3n) is 1.92. The zero-order valence-corrected chi connectivity index (χ0v) is 6.52. The van der Waals surface area contributed by atoms with E-state index >= 15 is 0 Å². The average Bonchev–Trinajstić information content (AvgIpc) is 1.86. The molecule has 0 saturated carbocycles. The van der Waals surface area contributed by atoms with Crippen LogP contribution in [0.4, 0.5) is 0 Å². The maximum atomic E-state index is 8.51. The molecule has 0 bridgehead atoms. The summed E-state index contributed by atoms with van der Waals surface area (Å²) in [5, 5.41) is 11.6. The average molecular weight is 126 g/mol. The number of nitrogens with one attached hydrogen (secondary N) is 1. The zero-order chi connectivity index (χ0) is 7.49. The molecule has 0 aromatic carbocycles. The number of nitrogens with zero attached hydrogens (tertiary/aromatic N) is 1. The molecule has 0 aromatic rings. The normalized spacial score (nSPS) is 14.6. The lowest BCUT2D eigenvalue weighted by Crippen LogP contribution is -2.41. The molecule has 1 N–H and O–H groups in total. The molecule has 52 valence electrons. The molecule has 0 aliphatic heterocycles. The van der Waals surface area contributed by atoms with E-state index in [4.69, 9.17) is 5.26 Å². The van der Waals surface area contributed by atoms with Crippen LogP contribution in [0.1, 0.15) is 20.8 Å². The van der Waals surface area contributed by atoms with Crippen LogP contribution >= 0.6 is 0 Å². The second-order valence-corrected chi connectivity index (χ2v) is 2.82. The van der Waals surface area contributed by atoms with E-state index in [1.165, 1.54) is 0 Å². The molecule has 0 saturated heterocycles. The van der Waals surface area contributed by atoms with Crippen molar-refractivity contribution < 1.29 is 0 Å². The Hall–Kier alpha value is -0.550. The Bertz CT molecular complexity index is 121. The van der Waals surface area contributed by atoms with Crippen molar-refractivity contribution in [2.45, 2.75) is 26.3 Å². The Balaban J connectivity index is 4.01. The van der Waals surface area contributed by atoms with Crippen molar-refractivity contribution in [1.29, 1.82) is 5.26 Å². The van der Waals surface area contributed by atoms with Gasteiger partial charge in [0.1, 0.15) is 0 Å². The number of rotatable bonds is 2.